The average molecular weight is 447 g/mol. The molecular weight excluding hydrogens is 430 g/mol. The summed E-state index contributed by atoms with van der Waals surface area (Å²) in [7, 11) is -4.65. The van der Waals surface area contributed by atoms with Crippen LogP contribution in [0.3, 0.4) is 0 Å². The molecule has 2 aromatic carbocycles. The number of halogens is 2. The number of nitrogens with zero attached hydrogens (tertiary/aromatic N) is 2. The van der Waals surface area contributed by atoms with Gasteiger partial charge in [0.15, 0.2) is 0 Å². The van der Waals surface area contributed by atoms with Gasteiger partial charge in [-0.2, -0.15) is 8.78 Å². The van der Waals surface area contributed by atoms with Gasteiger partial charge in [0.25, 0.3) is 5.56 Å². The van der Waals surface area contributed by atoms with E-state index in [0.29, 0.717) is 15.8 Å². The lowest BCUT2D eigenvalue weighted by Gasteiger charge is -2.08. The molecule has 0 bridgehead atoms. The molecule has 0 fully saturated rings. The van der Waals surface area contributed by atoms with Crippen LogP contribution >= 0.6 is 11.3 Å². The number of fused-ring (bicyclic) bond motifs is 1. The summed E-state index contributed by atoms with van der Waals surface area (Å²) in [5, 5.41) is 2.42. The Bertz CT molecular complexity index is 1370. The molecule has 0 saturated heterocycles. The molecule has 5 nitrogen and oxygen atoms in total. The fourth-order valence-corrected chi connectivity index (χ4v) is 4.74. The van der Waals surface area contributed by atoms with Crippen molar-refractivity contribution in [3.05, 3.63) is 81.7 Å². The first kappa shape index (κ1) is 20.4. The Morgan fingerprint density at radius 2 is 1.73 bits per heavy atom. The smallest absolute Gasteiger partial charge is 0.294 e. The van der Waals surface area contributed by atoms with Crippen molar-refractivity contribution in [2.45, 2.75) is 24.1 Å². The van der Waals surface area contributed by atoms with Gasteiger partial charge >= 0.3 is 5.76 Å². The van der Waals surface area contributed by atoms with E-state index in [-0.39, 0.29) is 12.1 Å². The number of rotatable bonds is 5. The van der Waals surface area contributed by atoms with Crippen LogP contribution < -0.4 is 5.56 Å². The Labute approximate surface area is 175 Å². The molecule has 2 heterocycles. The largest absolute Gasteiger partial charge is 0.341 e. The minimum atomic E-state index is -4.65. The third-order valence-corrected chi connectivity index (χ3v) is 7.05. The summed E-state index contributed by atoms with van der Waals surface area (Å²) in [6.45, 7) is 2.13. The van der Waals surface area contributed by atoms with Crippen molar-refractivity contribution in [2.24, 2.45) is 0 Å². The topological polar surface area (TPSA) is 69.0 Å². The highest BCUT2D eigenvalue weighted by molar-refractivity contribution is 7.91. The van der Waals surface area contributed by atoms with E-state index in [0.717, 1.165) is 28.8 Å². The monoisotopic (exact) mass is 446 g/mol. The van der Waals surface area contributed by atoms with Gasteiger partial charge in [0, 0.05) is 10.9 Å². The van der Waals surface area contributed by atoms with Crippen LogP contribution in [0, 0.1) is 6.92 Å². The first-order valence-electron chi connectivity index (χ1n) is 8.92. The van der Waals surface area contributed by atoms with Crippen molar-refractivity contribution in [3.63, 3.8) is 0 Å². The molecule has 0 radical (unpaired) electrons. The molecule has 0 unspecified atom stereocenters. The van der Waals surface area contributed by atoms with E-state index in [2.05, 4.69) is 4.98 Å². The van der Waals surface area contributed by atoms with Crippen LogP contribution in [0.15, 0.2) is 69.9 Å². The summed E-state index contributed by atoms with van der Waals surface area (Å²) in [6.07, 6.45) is 1.43. The molecule has 9 heteroatoms. The van der Waals surface area contributed by atoms with Gasteiger partial charge in [0.1, 0.15) is 4.83 Å². The summed E-state index contributed by atoms with van der Waals surface area (Å²) in [5.74, 6) is -3.48. The minimum Gasteiger partial charge on any atom is -0.294 e. The Kier molecular flexibility index (Phi) is 5.25. The van der Waals surface area contributed by atoms with Crippen molar-refractivity contribution in [2.75, 3.05) is 0 Å². The van der Waals surface area contributed by atoms with Crippen LogP contribution in [0.1, 0.15) is 11.1 Å². The predicted octanol–water partition coefficient (Wildman–Crippen LogP) is 4.48. The van der Waals surface area contributed by atoms with E-state index in [9.17, 15) is 22.0 Å². The van der Waals surface area contributed by atoms with E-state index >= 15 is 0 Å². The third kappa shape index (κ3) is 3.66. The van der Waals surface area contributed by atoms with Gasteiger partial charge in [-0.3, -0.25) is 9.36 Å². The lowest BCUT2D eigenvalue weighted by atomic mass is 10.1. The van der Waals surface area contributed by atoms with Crippen LogP contribution in [0.5, 0.6) is 0 Å². The maximum Gasteiger partial charge on any atom is 0.341 e. The molecule has 0 aliphatic carbocycles. The van der Waals surface area contributed by atoms with E-state index in [1.807, 2.05) is 36.6 Å². The number of thiophene rings is 1. The first-order valence-corrected chi connectivity index (χ1v) is 11.3. The first-order chi connectivity index (χ1) is 14.3. The van der Waals surface area contributed by atoms with Crippen LogP contribution in [-0.4, -0.2) is 23.7 Å². The molecule has 0 spiro atoms. The molecule has 0 N–H and O–H groups in total. The number of hydrogen-bond donors (Lipinski definition) is 0. The predicted molar refractivity (Wildman–Crippen MR) is 113 cm³/mol. The third-order valence-electron chi connectivity index (χ3n) is 4.76. The standard InChI is InChI=1S/C21H16F2N2O3S2/c1-13-2-6-15(7-3-13)17-11-29-19-18(17)20(26)25(12-24-19)10-14-4-8-16(9-5-14)30(27,28)21(22)23/h2-9,11-12,21H,10H2,1H3. The fraction of sp³-hybridized carbons (Fsp3) is 0.143. The number of aryl methyl sites for hydroxylation is 1. The zero-order chi connectivity index (χ0) is 21.5. The van der Waals surface area contributed by atoms with Gasteiger partial charge in [-0.1, -0.05) is 42.0 Å². The number of alkyl halides is 2. The molecule has 0 aliphatic heterocycles. The summed E-state index contributed by atoms with van der Waals surface area (Å²) in [6, 6.07) is 12.9. The van der Waals surface area contributed by atoms with Gasteiger partial charge in [-0.25, -0.2) is 13.4 Å². The fourth-order valence-electron chi connectivity index (χ4n) is 3.11. The molecule has 30 heavy (non-hydrogen) atoms. The molecular formula is C21H16F2N2O3S2. The highest BCUT2D eigenvalue weighted by atomic mass is 32.2. The zero-order valence-corrected chi connectivity index (χ0v) is 17.4. The van der Waals surface area contributed by atoms with Gasteiger partial charge < -0.3 is 0 Å². The van der Waals surface area contributed by atoms with Gasteiger partial charge in [0.2, 0.25) is 9.84 Å². The molecule has 0 amide bonds. The highest BCUT2D eigenvalue weighted by Gasteiger charge is 2.26. The minimum absolute atomic E-state index is 0.139. The second-order valence-corrected chi connectivity index (χ2v) is 9.60. The summed E-state index contributed by atoms with van der Waals surface area (Å²) < 4.78 is 49.9. The van der Waals surface area contributed by atoms with Crippen molar-refractivity contribution >= 4 is 31.4 Å². The van der Waals surface area contributed by atoms with E-state index in [1.54, 1.807) is 0 Å². The summed E-state index contributed by atoms with van der Waals surface area (Å²) >= 11 is 1.39. The van der Waals surface area contributed by atoms with Crippen LogP contribution in [0.4, 0.5) is 8.78 Å². The SMILES string of the molecule is Cc1ccc(-c2csc3ncn(Cc4ccc(S(=O)(=O)C(F)F)cc4)c(=O)c23)cc1. The van der Waals surface area contributed by atoms with Crippen molar-refractivity contribution in [3.8, 4) is 11.1 Å². The maximum atomic E-state index is 13.1. The lowest BCUT2D eigenvalue weighted by Crippen LogP contribution is -2.21. The van der Waals surface area contributed by atoms with Crippen molar-refractivity contribution in [1.82, 2.24) is 9.55 Å². The molecule has 0 atom stereocenters. The average Bonchev–Trinajstić information content (AvgIpc) is 3.16. The van der Waals surface area contributed by atoms with Gasteiger partial charge in [-0.15, -0.1) is 11.3 Å². The van der Waals surface area contributed by atoms with Crippen LogP contribution in [0.25, 0.3) is 21.3 Å². The van der Waals surface area contributed by atoms with E-state index < -0.39 is 20.5 Å². The normalized spacial score (nSPS) is 12.0. The number of benzene rings is 2. The van der Waals surface area contributed by atoms with Crippen LogP contribution in [-0.2, 0) is 16.4 Å². The quantitative estimate of drug-likeness (QED) is 0.453. The summed E-state index contributed by atoms with van der Waals surface area (Å²) in [5.41, 5.74) is 3.22. The highest BCUT2D eigenvalue weighted by Crippen LogP contribution is 2.30. The summed E-state index contributed by atoms with van der Waals surface area (Å²) in [4.78, 5) is 17.6. The molecule has 0 saturated carbocycles. The Morgan fingerprint density at radius 3 is 2.37 bits per heavy atom. The molecule has 154 valence electrons. The van der Waals surface area contributed by atoms with E-state index in [4.69, 9.17) is 0 Å². The maximum absolute atomic E-state index is 13.1. The zero-order valence-electron chi connectivity index (χ0n) is 15.7. The number of hydrogen-bond acceptors (Lipinski definition) is 5. The van der Waals surface area contributed by atoms with Gasteiger partial charge in [0.05, 0.1) is 23.2 Å². The Morgan fingerprint density at radius 1 is 1.07 bits per heavy atom. The van der Waals surface area contributed by atoms with Gasteiger partial charge in [-0.05, 0) is 30.2 Å². The lowest BCUT2D eigenvalue weighted by molar-refractivity contribution is 0.234. The van der Waals surface area contributed by atoms with Crippen LogP contribution in [0.2, 0.25) is 0 Å². The van der Waals surface area contributed by atoms with E-state index in [1.165, 1.54) is 34.4 Å². The molecule has 0 aliphatic rings. The number of aromatic nitrogens is 2. The second kappa shape index (κ2) is 7.73. The van der Waals surface area contributed by atoms with Crippen molar-refractivity contribution in [1.29, 1.82) is 0 Å². The molecule has 4 aromatic rings. The number of sulfone groups is 1. The van der Waals surface area contributed by atoms with Crippen molar-refractivity contribution < 1.29 is 17.2 Å². The Balaban J connectivity index is 1.70. The molecule has 2 aromatic heterocycles. The Hall–Kier alpha value is -2.91. The molecule has 4 rings (SSSR count). The second-order valence-electron chi connectivity index (χ2n) is 6.82.